The number of hydrogen-bond acceptors (Lipinski definition) is 3. The number of hydrogen-bond donors (Lipinski definition) is 0. The predicted molar refractivity (Wildman–Crippen MR) is 60.9 cm³/mol. The molecule has 5 nitrogen and oxygen atoms in total. The molecular formula is C11H17N5. The molecule has 0 radical (unpaired) electrons. The predicted octanol–water partition coefficient (Wildman–Crippen LogP) is 1.49. The minimum Gasteiger partial charge on any atom is -0.265 e. The first-order chi connectivity index (χ1) is 7.65. The number of aryl methyl sites for hydroxylation is 1. The Kier molecular flexibility index (Phi) is 3.03. The molecule has 0 atom stereocenters. The molecule has 0 N–H and O–H groups in total. The summed E-state index contributed by atoms with van der Waals surface area (Å²) in [5, 5.41) is 8.57. The normalized spacial score (nSPS) is 11.2. The molecule has 0 saturated heterocycles. The van der Waals surface area contributed by atoms with Crippen molar-refractivity contribution in [3.63, 3.8) is 0 Å². The van der Waals surface area contributed by atoms with Gasteiger partial charge in [-0.3, -0.25) is 4.68 Å². The third kappa shape index (κ3) is 2.48. The molecule has 0 aliphatic rings. The first-order valence-electron chi connectivity index (χ1n) is 5.52. The van der Waals surface area contributed by atoms with Crippen LogP contribution in [0, 0.1) is 12.8 Å². The monoisotopic (exact) mass is 219 g/mol. The molecule has 0 saturated carbocycles. The minimum atomic E-state index is 0.569. The van der Waals surface area contributed by atoms with Gasteiger partial charge < -0.3 is 0 Å². The fourth-order valence-corrected chi connectivity index (χ4v) is 1.61. The second-order valence-corrected chi connectivity index (χ2v) is 4.41. The largest absolute Gasteiger partial charge is 0.265 e. The van der Waals surface area contributed by atoms with Crippen LogP contribution < -0.4 is 0 Å². The summed E-state index contributed by atoms with van der Waals surface area (Å²) in [5.41, 5.74) is 1.02. The molecule has 2 heterocycles. The van der Waals surface area contributed by atoms with Crippen molar-refractivity contribution in [3.05, 3.63) is 30.1 Å². The quantitative estimate of drug-likeness (QED) is 0.782. The molecule has 0 spiro atoms. The number of aromatic nitrogens is 5. The summed E-state index contributed by atoms with van der Waals surface area (Å²) < 4.78 is 3.83. The van der Waals surface area contributed by atoms with E-state index in [4.69, 9.17) is 0 Å². The van der Waals surface area contributed by atoms with Gasteiger partial charge in [0.2, 0.25) is 0 Å². The smallest absolute Gasteiger partial charge is 0.148 e. The van der Waals surface area contributed by atoms with Gasteiger partial charge in [0.05, 0.1) is 5.69 Å². The third-order valence-corrected chi connectivity index (χ3v) is 2.31. The van der Waals surface area contributed by atoms with Gasteiger partial charge in [0, 0.05) is 12.7 Å². The molecule has 0 aliphatic carbocycles. The molecule has 2 rings (SSSR count). The molecule has 0 fully saturated rings. The van der Waals surface area contributed by atoms with Gasteiger partial charge in [0.1, 0.15) is 18.7 Å². The lowest BCUT2D eigenvalue weighted by atomic mass is 10.2. The number of rotatable bonds is 4. The highest BCUT2D eigenvalue weighted by Crippen LogP contribution is 2.03. The maximum Gasteiger partial charge on any atom is 0.148 e. The van der Waals surface area contributed by atoms with Gasteiger partial charge in [0.15, 0.2) is 0 Å². The van der Waals surface area contributed by atoms with Crippen molar-refractivity contribution in [2.75, 3.05) is 0 Å². The Hall–Kier alpha value is -1.65. The molecule has 0 bridgehead atoms. The average Bonchev–Trinajstić information content (AvgIpc) is 2.77. The maximum atomic E-state index is 4.34. The summed E-state index contributed by atoms with van der Waals surface area (Å²) in [7, 11) is 0. The maximum absolute atomic E-state index is 4.34. The topological polar surface area (TPSA) is 48.5 Å². The minimum absolute atomic E-state index is 0.569. The van der Waals surface area contributed by atoms with Crippen LogP contribution in [0.2, 0.25) is 0 Å². The summed E-state index contributed by atoms with van der Waals surface area (Å²) in [6.45, 7) is 7.90. The van der Waals surface area contributed by atoms with Crippen molar-refractivity contribution in [1.29, 1.82) is 0 Å². The SMILES string of the molecule is Cc1ccn(Cc2ncnn2CC(C)C)n1. The van der Waals surface area contributed by atoms with Crippen LogP contribution in [-0.4, -0.2) is 24.5 Å². The fraction of sp³-hybridized carbons (Fsp3) is 0.545. The van der Waals surface area contributed by atoms with E-state index in [0.29, 0.717) is 12.5 Å². The van der Waals surface area contributed by atoms with Crippen LogP contribution >= 0.6 is 0 Å². The van der Waals surface area contributed by atoms with E-state index in [0.717, 1.165) is 18.1 Å². The summed E-state index contributed by atoms with van der Waals surface area (Å²) in [6, 6.07) is 1.99. The van der Waals surface area contributed by atoms with Gasteiger partial charge in [0.25, 0.3) is 0 Å². The van der Waals surface area contributed by atoms with E-state index >= 15 is 0 Å². The van der Waals surface area contributed by atoms with Gasteiger partial charge in [-0.15, -0.1) is 0 Å². The van der Waals surface area contributed by atoms with Crippen LogP contribution in [0.5, 0.6) is 0 Å². The Morgan fingerprint density at radius 1 is 1.38 bits per heavy atom. The van der Waals surface area contributed by atoms with E-state index in [1.165, 1.54) is 0 Å². The lowest BCUT2D eigenvalue weighted by Gasteiger charge is -2.08. The molecule has 5 heteroatoms. The van der Waals surface area contributed by atoms with Crippen LogP contribution in [-0.2, 0) is 13.1 Å². The summed E-state index contributed by atoms with van der Waals surface area (Å²) in [4.78, 5) is 4.26. The fourth-order valence-electron chi connectivity index (χ4n) is 1.61. The highest BCUT2D eigenvalue weighted by Gasteiger charge is 2.07. The standard InChI is InChI=1S/C11H17N5/c1-9(2)6-16-11(12-8-13-16)7-15-5-4-10(3)14-15/h4-5,8-9H,6-7H2,1-3H3. The Morgan fingerprint density at radius 3 is 2.81 bits per heavy atom. The van der Waals surface area contributed by atoms with Crippen molar-refractivity contribution in [1.82, 2.24) is 24.5 Å². The van der Waals surface area contributed by atoms with Crippen LogP contribution in [0.1, 0.15) is 25.4 Å². The molecule has 16 heavy (non-hydrogen) atoms. The van der Waals surface area contributed by atoms with Crippen molar-refractivity contribution in [2.24, 2.45) is 5.92 Å². The van der Waals surface area contributed by atoms with Crippen molar-refractivity contribution in [3.8, 4) is 0 Å². The summed E-state index contributed by atoms with van der Waals surface area (Å²) >= 11 is 0. The summed E-state index contributed by atoms with van der Waals surface area (Å²) in [6.07, 6.45) is 3.57. The van der Waals surface area contributed by atoms with E-state index in [9.17, 15) is 0 Å². The average molecular weight is 219 g/mol. The van der Waals surface area contributed by atoms with Crippen LogP contribution in [0.3, 0.4) is 0 Å². The van der Waals surface area contributed by atoms with E-state index in [1.54, 1.807) is 6.33 Å². The highest BCUT2D eigenvalue weighted by atomic mass is 15.4. The van der Waals surface area contributed by atoms with E-state index in [2.05, 4.69) is 29.0 Å². The van der Waals surface area contributed by atoms with Gasteiger partial charge in [-0.25, -0.2) is 9.67 Å². The van der Waals surface area contributed by atoms with E-state index in [1.807, 2.05) is 28.6 Å². The van der Waals surface area contributed by atoms with Crippen molar-refractivity contribution in [2.45, 2.75) is 33.9 Å². The zero-order valence-corrected chi connectivity index (χ0v) is 9.96. The highest BCUT2D eigenvalue weighted by molar-refractivity contribution is 4.97. The van der Waals surface area contributed by atoms with E-state index < -0.39 is 0 Å². The molecule has 0 unspecified atom stereocenters. The molecular weight excluding hydrogens is 202 g/mol. The second kappa shape index (κ2) is 4.47. The Bertz CT molecular complexity index is 454. The summed E-state index contributed by atoms with van der Waals surface area (Å²) in [5.74, 6) is 1.52. The molecule has 0 aliphatic heterocycles. The third-order valence-electron chi connectivity index (χ3n) is 2.31. The number of nitrogens with zero attached hydrogens (tertiary/aromatic N) is 5. The van der Waals surface area contributed by atoms with E-state index in [-0.39, 0.29) is 0 Å². The van der Waals surface area contributed by atoms with Crippen molar-refractivity contribution < 1.29 is 0 Å². The lowest BCUT2D eigenvalue weighted by Crippen LogP contribution is -2.13. The van der Waals surface area contributed by atoms with Gasteiger partial charge in [-0.2, -0.15) is 10.2 Å². The van der Waals surface area contributed by atoms with Crippen LogP contribution in [0.15, 0.2) is 18.6 Å². The van der Waals surface area contributed by atoms with Gasteiger partial charge >= 0.3 is 0 Å². The van der Waals surface area contributed by atoms with Crippen LogP contribution in [0.4, 0.5) is 0 Å². The molecule has 0 amide bonds. The van der Waals surface area contributed by atoms with Crippen LogP contribution in [0.25, 0.3) is 0 Å². The molecule has 86 valence electrons. The molecule has 2 aromatic heterocycles. The van der Waals surface area contributed by atoms with Gasteiger partial charge in [-0.05, 0) is 18.9 Å². The first-order valence-corrected chi connectivity index (χ1v) is 5.52. The Balaban J connectivity index is 2.12. The molecule has 2 aromatic rings. The zero-order chi connectivity index (χ0) is 11.5. The Labute approximate surface area is 95.1 Å². The molecule has 0 aromatic carbocycles. The lowest BCUT2D eigenvalue weighted by molar-refractivity contribution is 0.456. The zero-order valence-electron chi connectivity index (χ0n) is 9.96. The second-order valence-electron chi connectivity index (χ2n) is 4.41. The van der Waals surface area contributed by atoms with Gasteiger partial charge in [-0.1, -0.05) is 13.8 Å². The Morgan fingerprint density at radius 2 is 2.19 bits per heavy atom. The van der Waals surface area contributed by atoms with Crippen molar-refractivity contribution >= 4 is 0 Å². The first kappa shape index (κ1) is 10.9.